The molecule has 0 aliphatic rings. The smallest absolute Gasteiger partial charge is 0.351 e. The Bertz CT molecular complexity index is 2420. The zero-order valence-corrected chi connectivity index (χ0v) is 29.2. The molecule has 0 spiro atoms. The summed E-state index contributed by atoms with van der Waals surface area (Å²) in [6, 6.07) is 34.5. The van der Waals surface area contributed by atoms with Crippen LogP contribution in [0.5, 0.6) is 0 Å². The average molecular weight is 686 g/mol. The molecular weight excluding hydrogens is 651 g/mol. The van der Waals surface area contributed by atoms with E-state index in [2.05, 4.69) is 15.8 Å². The van der Waals surface area contributed by atoms with Crippen LogP contribution in [0.15, 0.2) is 103 Å². The molecule has 0 aliphatic heterocycles. The molecule has 0 unspecified atom stereocenters. The number of benzene rings is 4. The van der Waals surface area contributed by atoms with Gasteiger partial charge in [-0.25, -0.2) is 19.3 Å². The SMILES string of the molecule is [C-]#[N+]c1c(-c2ccc(-c3ccccc3)cc2)c(C(=O)O)n(C)c1CC.[C-]#[N+]c1c(-c2ccc(-c3ccccc3C#N)cc2)c(C(=O)O)n(C)c1CC. The van der Waals surface area contributed by atoms with Crippen molar-refractivity contribution in [3.05, 3.63) is 154 Å². The van der Waals surface area contributed by atoms with Gasteiger partial charge in [0.25, 0.3) is 0 Å². The van der Waals surface area contributed by atoms with Gasteiger partial charge < -0.3 is 19.3 Å². The highest BCUT2D eigenvalue weighted by molar-refractivity contribution is 6.02. The second kappa shape index (κ2) is 15.6. The van der Waals surface area contributed by atoms with Gasteiger partial charge in [0.15, 0.2) is 0 Å². The van der Waals surface area contributed by atoms with Gasteiger partial charge in [0.1, 0.15) is 11.4 Å². The Morgan fingerprint density at radius 2 is 1.00 bits per heavy atom. The quantitative estimate of drug-likeness (QED) is 0.155. The number of nitriles is 1. The Labute approximate surface area is 302 Å². The fraction of sp³-hybridized carbons (Fsp3) is 0.140. The number of aromatic nitrogens is 2. The molecule has 9 heteroatoms. The van der Waals surface area contributed by atoms with Crippen LogP contribution < -0.4 is 0 Å². The van der Waals surface area contributed by atoms with Crippen molar-refractivity contribution in [1.82, 2.24) is 9.13 Å². The van der Waals surface area contributed by atoms with Crippen molar-refractivity contribution in [2.24, 2.45) is 14.1 Å². The van der Waals surface area contributed by atoms with Crippen molar-refractivity contribution in [1.29, 1.82) is 5.26 Å². The second-order valence-corrected chi connectivity index (χ2v) is 11.9. The lowest BCUT2D eigenvalue weighted by atomic mass is 9.96. The van der Waals surface area contributed by atoms with Crippen LogP contribution >= 0.6 is 0 Å². The predicted octanol–water partition coefficient (Wildman–Crippen LogP) is 10.2. The molecule has 256 valence electrons. The molecule has 6 aromatic rings. The van der Waals surface area contributed by atoms with Crippen molar-refractivity contribution in [3.8, 4) is 50.6 Å². The number of hydrogen-bond donors (Lipinski definition) is 2. The third-order valence-electron chi connectivity index (χ3n) is 9.09. The lowest BCUT2D eigenvalue weighted by molar-refractivity contribution is 0.0676. The van der Waals surface area contributed by atoms with Crippen LogP contribution in [-0.2, 0) is 26.9 Å². The number of carbonyl (C=O) groups is 2. The molecule has 0 fully saturated rings. The molecule has 0 radical (unpaired) electrons. The summed E-state index contributed by atoms with van der Waals surface area (Å²) in [4.78, 5) is 30.8. The Hall–Kier alpha value is -7.15. The van der Waals surface area contributed by atoms with Crippen LogP contribution in [0.25, 0.3) is 54.2 Å². The molecule has 0 saturated carbocycles. The highest BCUT2D eigenvalue weighted by Crippen LogP contribution is 2.41. The molecule has 0 bridgehead atoms. The molecule has 0 amide bonds. The van der Waals surface area contributed by atoms with E-state index in [9.17, 15) is 25.1 Å². The van der Waals surface area contributed by atoms with Crippen LogP contribution in [-0.4, -0.2) is 31.3 Å². The van der Waals surface area contributed by atoms with Gasteiger partial charge in [-0.2, -0.15) is 5.26 Å². The Morgan fingerprint density at radius 1 is 0.615 bits per heavy atom. The van der Waals surface area contributed by atoms with Gasteiger partial charge in [0.2, 0.25) is 11.4 Å². The molecule has 0 saturated heterocycles. The van der Waals surface area contributed by atoms with Crippen LogP contribution in [0.1, 0.15) is 51.8 Å². The third-order valence-corrected chi connectivity index (χ3v) is 9.09. The summed E-state index contributed by atoms with van der Waals surface area (Å²) >= 11 is 0. The van der Waals surface area contributed by atoms with Crippen LogP contribution in [0.3, 0.4) is 0 Å². The summed E-state index contributed by atoms with van der Waals surface area (Å²) < 4.78 is 3.21. The van der Waals surface area contributed by atoms with E-state index in [0.717, 1.165) is 33.5 Å². The largest absolute Gasteiger partial charge is 0.477 e. The van der Waals surface area contributed by atoms with E-state index in [1.165, 1.54) is 0 Å². The number of hydrogen-bond acceptors (Lipinski definition) is 3. The molecule has 2 N–H and O–H groups in total. The molecule has 0 aliphatic carbocycles. The van der Waals surface area contributed by atoms with Crippen LogP contribution in [0.4, 0.5) is 11.4 Å². The number of carboxylic acids is 2. The van der Waals surface area contributed by atoms with Gasteiger partial charge in [-0.1, -0.05) is 111 Å². The summed E-state index contributed by atoms with van der Waals surface area (Å²) in [6.45, 7) is 18.9. The Kier molecular flexibility index (Phi) is 10.8. The van der Waals surface area contributed by atoms with Crippen molar-refractivity contribution < 1.29 is 19.8 Å². The number of rotatable bonds is 8. The normalized spacial score (nSPS) is 10.3. The van der Waals surface area contributed by atoms with E-state index in [4.69, 9.17) is 13.1 Å². The average Bonchev–Trinajstić information content (AvgIpc) is 3.64. The minimum atomic E-state index is -1.06. The molecule has 4 aromatic carbocycles. The van der Waals surface area contributed by atoms with Gasteiger partial charge in [-0.05, 0) is 52.3 Å². The van der Waals surface area contributed by atoms with E-state index in [1.807, 2.05) is 98.8 Å². The zero-order valence-electron chi connectivity index (χ0n) is 29.2. The molecule has 2 aromatic heterocycles. The van der Waals surface area contributed by atoms with E-state index in [1.54, 1.807) is 41.4 Å². The fourth-order valence-corrected chi connectivity index (χ4v) is 6.64. The monoisotopic (exact) mass is 685 g/mol. The minimum absolute atomic E-state index is 0.114. The van der Waals surface area contributed by atoms with Crippen molar-refractivity contribution >= 4 is 23.3 Å². The predicted molar refractivity (Wildman–Crippen MR) is 202 cm³/mol. The van der Waals surface area contributed by atoms with E-state index in [0.29, 0.717) is 52.2 Å². The van der Waals surface area contributed by atoms with Crippen LogP contribution in [0, 0.1) is 24.5 Å². The lowest BCUT2D eigenvalue weighted by Crippen LogP contribution is -2.07. The molecule has 52 heavy (non-hydrogen) atoms. The fourth-order valence-electron chi connectivity index (χ4n) is 6.64. The third kappa shape index (κ3) is 6.70. The first kappa shape index (κ1) is 36.1. The van der Waals surface area contributed by atoms with Gasteiger partial charge in [-0.15, -0.1) is 0 Å². The molecule has 2 heterocycles. The Balaban J connectivity index is 0.000000202. The maximum absolute atomic E-state index is 11.8. The molecular formula is C43H35N5O4. The number of nitrogens with zero attached hydrogens (tertiary/aromatic N) is 5. The standard InChI is InChI=1S/C22H17N3O2.C21H18N2O2/c1-4-18-20(24-2)19(21(22(26)27)25(18)3)15-11-9-14(10-12-15)17-8-6-5-7-16(17)13-23;1-4-17-19(22-2)18(20(21(24)25)23(17)3)16-12-10-15(11-13-16)14-8-6-5-7-9-14/h5-12H,4H2,1,3H3,(H,26,27);5-13H,4H2,1,3H3,(H,24,25). The highest BCUT2D eigenvalue weighted by Gasteiger charge is 2.27. The Morgan fingerprint density at radius 3 is 1.40 bits per heavy atom. The van der Waals surface area contributed by atoms with Gasteiger partial charge in [-0.3, -0.25) is 0 Å². The van der Waals surface area contributed by atoms with Gasteiger partial charge in [0, 0.05) is 36.6 Å². The first-order chi connectivity index (χ1) is 25.1. The summed E-state index contributed by atoms with van der Waals surface area (Å²) in [5.41, 5.74) is 9.30. The summed E-state index contributed by atoms with van der Waals surface area (Å²) in [5, 5.41) is 28.6. The zero-order chi connectivity index (χ0) is 37.5. The highest BCUT2D eigenvalue weighted by atomic mass is 16.4. The minimum Gasteiger partial charge on any atom is -0.477 e. The summed E-state index contributed by atoms with van der Waals surface area (Å²) in [6.07, 6.45) is 1.18. The molecule has 6 rings (SSSR count). The summed E-state index contributed by atoms with van der Waals surface area (Å²) in [5.74, 6) is -2.08. The van der Waals surface area contributed by atoms with Gasteiger partial charge >= 0.3 is 11.9 Å². The maximum atomic E-state index is 11.8. The van der Waals surface area contributed by atoms with Crippen molar-refractivity contribution in [3.63, 3.8) is 0 Å². The van der Waals surface area contributed by atoms with Crippen LogP contribution in [0.2, 0.25) is 0 Å². The molecule has 0 atom stereocenters. The second-order valence-electron chi connectivity index (χ2n) is 11.9. The van der Waals surface area contributed by atoms with Gasteiger partial charge in [0.05, 0.1) is 24.8 Å². The van der Waals surface area contributed by atoms with E-state index < -0.39 is 11.9 Å². The topological polar surface area (TPSA) is 117 Å². The number of carboxylic acid groups (broad SMARTS) is 2. The van der Waals surface area contributed by atoms with Crippen molar-refractivity contribution in [2.75, 3.05) is 0 Å². The lowest BCUT2D eigenvalue weighted by Gasteiger charge is -2.08. The maximum Gasteiger partial charge on any atom is 0.351 e. The first-order valence-corrected chi connectivity index (χ1v) is 16.5. The van der Waals surface area contributed by atoms with E-state index in [-0.39, 0.29) is 11.4 Å². The first-order valence-electron chi connectivity index (χ1n) is 16.5. The molecule has 9 nitrogen and oxygen atoms in total. The summed E-state index contributed by atoms with van der Waals surface area (Å²) in [7, 11) is 3.39. The number of aromatic carboxylic acids is 2. The van der Waals surface area contributed by atoms with Crippen molar-refractivity contribution in [2.45, 2.75) is 26.7 Å². The van der Waals surface area contributed by atoms with E-state index >= 15 is 0 Å².